The number of carbonyl (C=O) groups is 1. The molecular formula is C18H35N3O4. The first-order chi connectivity index (χ1) is 11.7. The summed E-state index contributed by atoms with van der Waals surface area (Å²) < 4.78 is 16.8. The van der Waals surface area contributed by atoms with Crippen LogP contribution in [0.15, 0.2) is 12.3 Å². The molecule has 7 heteroatoms. The van der Waals surface area contributed by atoms with Crippen LogP contribution < -0.4 is 10.9 Å². The van der Waals surface area contributed by atoms with E-state index < -0.39 is 5.60 Å². The van der Waals surface area contributed by atoms with Crippen LogP contribution in [0, 0.1) is 0 Å². The molecule has 7 nitrogen and oxygen atoms in total. The minimum absolute atomic E-state index is 0.0235. The molecule has 0 aromatic heterocycles. The summed E-state index contributed by atoms with van der Waals surface area (Å²) in [5, 5.41) is 0. The monoisotopic (exact) mass is 357 g/mol. The number of likely N-dealkylation sites (tertiary alicyclic amines) is 1. The maximum Gasteiger partial charge on any atom is 0.410 e. The van der Waals surface area contributed by atoms with E-state index in [2.05, 4.69) is 17.4 Å². The molecule has 1 fully saturated rings. The van der Waals surface area contributed by atoms with Gasteiger partial charge in [0.1, 0.15) is 5.60 Å². The Morgan fingerprint density at radius 2 is 1.92 bits per heavy atom. The summed E-state index contributed by atoms with van der Waals surface area (Å²) in [6.07, 6.45) is 2.10. The van der Waals surface area contributed by atoms with Crippen molar-refractivity contribution in [2.75, 3.05) is 33.3 Å². The largest absolute Gasteiger partial charge is 0.502 e. The topological polar surface area (TPSA) is 72.1 Å². The number of ether oxygens (including phenoxy) is 3. The summed E-state index contributed by atoms with van der Waals surface area (Å²) in [6, 6.07) is 0. The Labute approximate surface area is 152 Å². The summed E-state index contributed by atoms with van der Waals surface area (Å²) in [6.45, 7) is 14.4. The number of hydrogen-bond acceptors (Lipinski definition) is 6. The van der Waals surface area contributed by atoms with Gasteiger partial charge in [0.2, 0.25) is 0 Å². The fourth-order valence-corrected chi connectivity index (χ4v) is 2.59. The van der Waals surface area contributed by atoms with Crippen molar-refractivity contribution in [3.8, 4) is 0 Å². The number of hydrogen-bond donors (Lipinski definition) is 2. The SMILES string of the molecule is C=C(CC(CNNCC)OC1CCN(C(=O)OC(C)(C)C)CC1)OC. The molecule has 0 aliphatic carbocycles. The van der Waals surface area contributed by atoms with Crippen molar-refractivity contribution < 1.29 is 19.0 Å². The van der Waals surface area contributed by atoms with Crippen LogP contribution in [0.1, 0.15) is 47.0 Å². The second-order valence-corrected chi connectivity index (χ2v) is 7.28. The predicted octanol–water partition coefficient (Wildman–Crippen LogP) is 2.44. The number of methoxy groups -OCH3 is 1. The van der Waals surface area contributed by atoms with Gasteiger partial charge in [-0.2, -0.15) is 0 Å². The second-order valence-electron chi connectivity index (χ2n) is 7.28. The molecule has 0 saturated carbocycles. The van der Waals surface area contributed by atoms with Crippen molar-refractivity contribution in [3.63, 3.8) is 0 Å². The molecule has 1 amide bonds. The van der Waals surface area contributed by atoms with E-state index in [0.717, 1.165) is 19.4 Å². The molecule has 0 aromatic rings. The van der Waals surface area contributed by atoms with Gasteiger partial charge in [0.15, 0.2) is 0 Å². The standard InChI is InChI=1S/C18H35N3O4/c1-7-19-20-13-16(12-14(2)23-6)24-15-8-10-21(11-9-15)17(22)25-18(3,4)5/h15-16,19-20H,2,7-13H2,1,3-6H3. The molecule has 1 atom stereocenters. The summed E-state index contributed by atoms with van der Waals surface area (Å²) in [5.41, 5.74) is 5.77. The van der Waals surface area contributed by atoms with E-state index in [0.29, 0.717) is 31.8 Å². The number of nitrogens with zero attached hydrogens (tertiary/aromatic N) is 1. The summed E-state index contributed by atoms with van der Waals surface area (Å²) in [4.78, 5) is 13.9. The molecule has 25 heavy (non-hydrogen) atoms. The maximum absolute atomic E-state index is 12.1. The van der Waals surface area contributed by atoms with Crippen molar-refractivity contribution in [2.24, 2.45) is 0 Å². The van der Waals surface area contributed by atoms with E-state index in [1.807, 2.05) is 27.7 Å². The molecule has 0 aromatic carbocycles. The highest BCUT2D eigenvalue weighted by molar-refractivity contribution is 5.68. The van der Waals surface area contributed by atoms with Crippen LogP contribution in [-0.4, -0.2) is 62.1 Å². The van der Waals surface area contributed by atoms with Gasteiger partial charge in [-0.3, -0.25) is 10.9 Å². The zero-order chi connectivity index (χ0) is 18.9. The van der Waals surface area contributed by atoms with Gasteiger partial charge in [-0.1, -0.05) is 13.5 Å². The van der Waals surface area contributed by atoms with Gasteiger partial charge >= 0.3 is 6.09 Å². The Morgan fingerprint density at radius 3 is 2.44 bits per heavy atom. The fraction of sp³-hybridized carbons (Fsp3) is 0.833. The number of amides is 1. The van der Waals surface area contributed by atoms with Gasteiger partial charge in [-0.05, 0) is 33.6 Å². The summed E-state index contributed by atoms with van der Waals surface area (Å²) in [7, 11) is 1.62. The lowest BCUT2D eigenvalue weighted by Gasteiger charge is -2.35. The smallest absolute Gasteiger partial charge is 0.410 e. The van der Waals surface area contributed by atoms with Crippen molar-refractivity contribution in [3.05, 3.63) is 12.3 Å². The minimum Gasteiger partial charge on any atom is -0.502 e. The summed E-state index contributed by atoms with van der Waals surface area (Å²) in [5.74, 6) is 0.703. The van der Waals surface area contributed by atoms with E-state index in [9.17, 15) is 4.79 Å². The molecule has 2 N–H and O–H groups in total. The molecule has 146 valence electrons. The fourth-order valence-electron chi connectivity index (χ4n) is 2.59. The molecule has 1 aliphatic heterocycles. The lowest BCUT2D eigenvalue weighted by Crippen LogP contribution is -2.45. The molecule has 1 aliphatic rings. The van der Waals surface area contributed by atoms with Gasteiger partial charge in [0.25, 0.3) is 0 Å². The Hall–Kier alpha value is -1.31. The van der Waals surface area contributed by atoms with Gasteiger partial charge in [-0.15, -0.1) is 0 Å². The minimum atomic E-state index is -0.464. The molecule has 0 bridgehead atoms. The van der Waals surface area contributed by atoms with E-state index in [4.69, 9.17) is 14.2 Å². The lowest BCUT2D eigenvalue weighted by atomic mass is 10.1. The first kappa shape index (κ1) is 21.7. The zero-order valence-corrected chi connectivity index (χ0v) is 16.4. The molecule has 1 rings (SSSR count). The van der Waals surface area contributed by atoms with Crippen LogP contribution >= 0.6 is 0 Å². The number of rotatable bonds is 9. The number of piperidine rings is 1. The molecule has 1 heterocycles. The third kappa shape index (κ3) is 9.09. The quantitative estimate of drug-likeness (QED) is 0.375. The molecule has 0 radical (unpaired) electrons. The van der Waals surface area contributed by atoms with Gasteiger partial charge in [0.05, 0.1) is 25.1 Å². The highest BCUT2D eigenvalue weighted by Gasteiger charge is 2.28. The summed E-state index contributed by atoms with van der Waals surface area (Å²) >= 11 is 0. The van der Waals surface area contributed by atoms with Crippen LogP contribution in [0.5, 0.6) is 0 Å². The molecule has 0 spiro atoms. The Balaban J connectivity index is 2.44. The van der Waals surface area contributed by atoms with Crippen LogP contribution in [0.25, 0.3) is 0 Å². The Morgan fingerprint density at radius 1 is 1.28 bits per heavy atom. The molecule has 1 saturated heterocycles. The van der Waals surface area contributed by atoms with Crippen molar-refractivity contribution in [1.29, 1.82) is 0 Å². The van der Waals surface area contributed by atoms with Crippen molar-refractivity contribution in [1.82, 2.24) is 15.8 Å². The number of hydrazine groups is 1. The number of carbonyl (C=O) groups excluding carboxylic acids is 1. The second kappa shape index (κ2) is 10.6. The van der Waals surface area contributed by atoms with Crippen LogP contribution in [-0.2, 0) is 14.2 Å². The van der Waals surface area contributed by atoms with Crippen LogP contribution in [0.2, 0.25) is 0 Å². The maximum atomic E-state index is 12.1. The van der Waals surface area contributed by atoms with Gasteiger partial charge in [0, 0.05) is 32.6 Å². The average molecular weight is 357 g/mol. The predicted molar refractivity (Wildman–Crippen MR) is 98.1 cm³/mol. The Bertz CT molecular complexity index is 415. The molecule has 1 unspecified atom stereocenters. The van der Waals surface area contributed by atoms with E-state index in [-0.39, 0.29) is 18.3 Å². The Kier molecular flexibility index (Phi) is 9.24. The van der Waals surface area contributed by atoms with Crippen LogP contribution in [0.3, 0.4) is 0 Å². The third-order valence-corrected chi connectivity index (χ3v) is 3.85. The first-order valence-corrected chi connectivity index (χ1v) is 9.06. The normalized spacial score (nSPS) is 17.2. The van der Waals surface area contributed by atoms with Gasteiger partial charge in [-0.25, -0.2) is 4.79 Å². The molecular weight excluding hydrogens is 322 g/mol. The average Bonchev–Trinajstić information content (AvgIpc) is 2.53. The number of nitrogens with one attached hydrogen (secondary N) is 2. The van der Waals surface area contributed by atoms with Crippen molar-refractivity contribution in [2.45, 2.75) is 64.8 Å². The van der Waals surface area contributed by atoms with E-state index in [1.165, 1.54) is 0 Å². The highest BCUT2D eigenvalue weighted by Crippen LogP contribution is 2.20. The van der Waals surface area contributed by atoms with Crippen molar-refractivity contribution >= 4 is 6.09 Å². The van der Waals surface area contributed by atoms with E-state index in [1.54, 1.807) is 12.0 Å². The van der Waals surface area contributed by atoms with E-state index >= 15 is 0 Å². The highest BCUT2D eigenvalue weighted by atomic mass is 16.6. The zero-order valence-electron chi connectivity index (χ0n) is 16.4. The third-order valence-electron chi connectivity index (χ3n) is 3.85. The van der Waals surface area contributed by atoms with Crippen LogP contribution in [0.4, 0.5) is 4.79 Å². The lowest BCUT2D eigenvalue weighted by molar-refractivity contribution is -0.0491. The first-order valence-electron chi connectivity index (χ1n) is 9.06. The van der Waals surface area contributed by atoms with Gasteiger partial charge < -0.3 is 19.1 Å².